The first kappa shape index (κ1) is 13.2. The number of hydrogen-bond donors (Lipinski definition) is 1. The number of aromatic nitrogens is 2. The quantitative estimate of drug-likeness (QED) is 0.806. The van der Waals surface area contributed by atoms with Gasteiger partial charge >= 0.3 is 0 Å². The van der Waals surface area contributed by atoms with E-state index in [2.05, 4.69) is 45.1 Å². The molecule has 1 rings (SSSR count). The van der Waals surface area contributed by atoms with E-state index in [1.165, 1.54) is 5.69 Å². The third-order valence-electron chi connectivity index (χ3n) is 3.02. The number of hydrogen-bond acceptors (Lipinski definition) is 2. The molecule has 0 aliphatic heterocycles. The Labute approximate surface area is 99.0 Å². The topological polar surface area (TPSA) is 43.8 Å². The van der Waals surface area contributed by atoms with Crippen molar-refractivity contribution in [3.05, 3.63) is 18.0 Å². The minimum absolute atomic E-state index is 0.326. The Balaban J connectivity index is 2.32. The van der Waals surface area contributed by atoms with E-state index in [4.69, 9.17) is 5.73 Å². The van der Waals surface area contributed by atoms with Gasteiger partial charge in [0, 0.05) is 18.3 Å². The lowest BCUT2D eigenvalue weighted by molar-refractivity contribution is 0.449. The van der Waals surface area contributed by atoms with Gasteiger partial charge in [0.15, 0.2) is 0 Å². The van der Waals surface area contributed by atoms with Crippen LogP contribution in [0.25, 0.3) is 0 Å². The molecule has 92 valence electrons. The van der Waals surface area contributed by atoms with E-state index in [9.17, 15) is 0 Å². The van der Waals surface area contributed by atoms with Crippen LogP contribution in [0.15, 0.2) is 12.3 Å². The minimum atomic E-state index is 0.326. The predicted molar refractivity (Wildman–Crippen MR) is 68.4 cm³/mol. The number of aryl methyl sites for hydroxylation is 1. The number of rotatable bonds is 6. The van der Waals surface area contributed by atoms with Crippen molar-refractivity contribution in [2.75, 3.05) is 0 Å². The Morgan fingerprint density at radius 3 is 2.50 bits per heavy atom. The van der Waals surface area contributed by atoms with Gasteiger partial charge in [0.05, 0.1) is 5.69 Å². The van der Waals surface area contributed by atoms with E-state index in [1.807, 2.05) is 4.68 Å². The Morgan fingerprint density at radius 2 is 2.00 bits per heavy atom. The zero-order chi connectivity index (χ0) is 12.1. The van der Waals surface area contributed by atoms with Gasteiger partial charge in [-0.25, -0.2) is 0 Å². The maximum atomic E-state index is 6.01. The molecule has 0 radical (unpaired) electrons. The molecule has 1 aromatic heterocycles. The third kappa shape index (κ3) is 3.97. The van der Waals surface area contributed by atoms with Gasteiger partial charge < -0.3 is 5.73 Å². The van der Waals surface area contributed by atoms with Crippen LogP contribution < -0.4 is 5.73 Å². The fourth-order valence-corrected chi connectivity index (χ4v) is 1.65. The average molecular weight is 223 g/mol. The van der Waals surface area contributed by atoms with Crippen molar-refractivity contribution < 1.29 is 0 Å². The van der Waals surface area contributed by atoms with Gasteiger partial charge in [-0.3, -0.25) is 4.68 Å². The molecule has 2 N–H and O–H groups in total. The van der Waals surface area contributed by atoms with Crippen molar-refractivity contribution in [3.8, 4) is 0 Å². The maximum Gasteiger partial charge on any atom is 0.0624 e. The molecular weight excluding hydrogens is 198 g/mol. The molecule has 1 heterocycles. The fourth-order valence-electron chi connectivity index (χ4n) is 1.65. The molecule has 3 heteroatoms. The van der Waals surface area contributed by atoms with Gasteiger partial charge in [-0.05, 0) is 45.1 Å². The molecule has 0 saturated heterocycles. The Morgan fingerprint density at radius 1 is 1.31 bits per heavy atom. The molecule has 0 fully saturated rings. The largest absolute Gasteiger partial charge is 0.327 e. The van der Waals surface area contributed by atoms with Crippen molar-refractivity contribution in [2.45, 2.75) is 59.0 Å². The summed E-state index contributed by atoms with van der Waals surface area (Å²) in [4.78, 5) is 0. The summed E-state index contributed by atoms with van der Waals surface area (Å²) < 4.78 is 2.01. The first-order valence-electron chi connectivity index (χ1n) is 6.30. The van der Waals surface area contributed by atoms with Crippen molar-refractivity contribution in [2.24, 2.45) is 11.7 Å². The van der Waals surface area contributed by atoms with Gasteiger partial charge in [-0.1, -0.05) is 13.8 Å². The summed E-state index contributed by atoms with van der Waals surface area (Å²) in [6.45, 7) is 8.65. The maximum absolute atomic E-state index is 6.01. The molecule has 1 unspecified atom stereocenters. The number of nitrogens with two attached hydrogens (primary N) is 1. The van der Waals surface area contributed by atoms with Crippen molar-refractivity contribution in [1.82, 2.24) is 9.78 Å². The molecule has 16 heavy (non-hydrogen) atoms. The molecule has 0 aromatic carbocycles. The van der Waals surface area contributed by atoms with E-state index >= 15 is 0 Å². The van der Waals surface area contributed by atoms with Gasteiger partial charge in [0.1, 0.15) is 0 Å². The summed E-state index contributed by atoms with van der Waals surface area (Å²) in [5.74, 6) is 0.577. The minimum Gasteiger partial charge on any atom is -0.327 e. The van der Waals surface area contributed by atoms with Crippen LogP contribution in [-0.4, -0.2) is 15.8 Å². The van der Waals surface area contributed by atoms with Crippen LogP contribution in [0.1, 0.15) is 52.3 Å². The zero-order valence-electron chi connectivity index (χ0n) is 11.0. The normalized spacial score (nSPS) is 13.7. The van der Waals surface area contributed by atoms with E-state index < -0.39 is 0 Å². The molecule has 0 aliphatic carbocycles. The lowest BCUT2D eigenvalue weighted by Gasteiger charge is -2.14. The highest BCUT2D eigenvalue weighted by Gasteiger charge is 2.08. The first-order chi connectivity index (χ1) is 7.50. The van der Waals surface area contributed by atoms with Gasteiger partial charge in [-0.2, -0.15) is 5.10 Å². The van der Waals surface area contributed by atoms with Crippen LogP contribution in [0.2, 0.25) is 0 Å². The second-order valence-corrected chi connectivity index (χ2v) is 5.18. The van der Waals surface area contributed by atoms with Crippen molar-refractivity contribution >= 4 is 0 Å². The average Bonchev–Trinajstić information content (AvgIpc) is 2.66. The van der Waals surface area contributed by atoms with Crippen molar-refractivity contribution in [3.63, 3.8) is 0 Å². The van der Waals surface area contributed by atoms with Gasteiger partial charge in [0.25, 0.3) is 0 Å². The first-order valence-corrected chi connectivity index (χ1v) is 6.30. The SMILES string of the molecule is CC(C)C(N)CCCc1ccn(C(C)C)n1. The van der Waals surface area contributed by atoms with Gasteiger partial charge in [0.2, 0.25) is 0 Å². The Bertz CT molecular complexity index is 302. The molecular formula is C13H25N3. The molecule has 1 atom stereocenters. The monoisotopic (exact) mass is 223 g/mol. The Kier molecular flexibility index (Phi) is 5.00. The van der Waals surface area contributed by atoms with Crippen LogP contribution in [0.4, 0.5) is 0 Å². The second-order valence-electron chi connectivity index (χ2n) is 5.18. The Hall–Kier alpha value is -0.830. The number of nitrogens with zero attached hydrogens (tertiary/aromatic N) is 2. The standard InChI is InChI=1S/C13H25N3/c1-10(2)13(14)7-5-6-12-8-9-16(15-12)11(3)4/h8-11,13H,5-7,14H2,1-4H3. The highest BCUT2D eigenvalue weighted by atomic mass is 15.3. The molecule has 0 spiro atoms. The summed E-state index contributed by atoms with van der Waals surface area (Å²) in [5, 5.41) is 4.53. The lowest BCUT2D eigenvalue weighted by atomic mass is 9.99. The van der Waals surface area contributed by atoms with Crippen LogP contribution in [0.5, 0.6) is 0 Å². The van der Waals surface area contributed by atoms with Crippen LogP contribution in [0.3, 0.4) is 0 Å². The third-order valence-corrected chi connectivity index (χ3v) is 3.02. The van der Waals surface area contributed by atoms with Crippen LogP contribution in [-0.2, 0) is 6.42 Å². The van der Waals surface area contributed by atoms with E-state index in [1.54, 1.807) is 0 Å². The predicted octanol–water partition coefficient (Wildman–Crippen LogP) is 2.77. The molecule has 0 aliphatic rings. The summed E-state index contributed by atoms with van der Waals surface area (Å²) in [6.07, 6.45) is 5.32. The molecule has 0 bridgehead atoms. The summed E-state index contributed by atoms with van der Waals surface area (Å²) in [5.41, 5.74) is 7.19. The highest BCUT2D eigenvalue weighted by molar-refractivity contribution is 4.99. The summed E-state index contributed by atoms with van der Waals surface area (Å²) in [7, 11) is 0. The summed E-state index contributed by atoms with van der Waals surface area (Å²) >= 11 is 0. The molecule has 3 nitrogen and oxygen atoms in total. The second kappa shape index (κ2) is 6.04. The fraction of sp³-hybridized carbons (Fsp3) is 0.769. The highest BCUT2D eigenvalue weighted by Crippen LogP contribution is 2.10. The van der Waals surface area contributed by atoms with Crippen LogP contribution >= 0.6 is 0 Å². The zero-order valence-corrected chi connectivity index (χ0v) is 11.0. The van der Waals surface area contributed by atoms with E-state index in [0.29, 0.717) is 18.0 Å². The van der Waals surface area contributed by atoms with E-state index in [0.717, 1.165) is 19.3 Å². The van der Waals surface area contributed by atoms with E-state index in [-0.39, 0.29) is 0 Å². The van der Waals surface area contributed by atoms with Gasteiger partial charge in [-0.15, -0.1) is 0 Å². The smallest absolute Gasteiger partial charge is 0.0624 e. The lowest BCUT2D eigenvalue weighted by Crippen LogP contribution is -2.26. The molecule has 1 aromatic rings. The molecule has 0 saturated carbocycles. The molecule has 0 amide bonds. The van der Waals surface area contributed by atoms with Crippen molar-refractivity contribution in [1.29, 1.82) is 0 Å². The van der Waals surface area contributed by atoms with Crippen LogP contribution in [0, 0.1) is 5.92 Å². The summed E-state index contributed by atoms with van der Waals surface area (Å²) in [6, 6.07) is 2.89.